The van der Waals surface area contributed by atoms with E-state index >= 15 is 0 Å². The molecule has 0 saturated carbocycles. The molecule has 0 fully saturated rings. The summed E-state index contributed by atoms with van der Waals surface area (Å²) >= 11 is 0. The topological polar surface area (TPSA) is 89.8 Å². The summed E-state index contributed by atoms with van der Waals surface area (Å²) in [5.74, 6) is 0.442. The summed E-state index contributed by atoms with van der Waals surface area (Å²) in [6, 6.07) is 14.0. The number of furan rings is 1. The van der Waals surface area contributed by atoms with Crippen LogP contribution >= 0.6 is 0 Å². The molecule has 33 heavy (non-hydrogen) atoms. The number of nitrogens with one attached hydrogen (secondary N) is 2. The second-order valence-corrected chi connectivity index (χ2v) is 7.65. The largest absolute Gasteiger partial charge is 0.493 e. The van der Waals surface area contributed by atoms with Gasteiger partial charge in [-0.25, -0.2) is 0 Å². The molecule has 3 rings (SSSR count). The molecule has 2 N–H and O–H groups in total. The van der Waals surface area contributed by atoms with Crippen LogP contribution in [0, 0.1) is 13.8 Å². The van der Waals surface area contributed by atoms with Crippen LogP contribution in [-0.4, -0.2) is 26.0 Å². The van der Waals surface area contributed by atoms with Gasteiger partial charge in [0.1, 0.15) is 11.5 Å². The van der Waals surface area contributed by atoms with E-state index in [-0.39, 0.29) is 11.7 Å². The van der Waals surface area contributed by atoms with E-state index in [9.17, 15) is 9.59 Å². The van der Waals surface area contributed by atoms with Gasteiger partial charge in [0.25, 0.3) is 11.8 Å². The van der Waals surface area contributed by atoms with Gasteiger partial charge < -0.3 is 24.5 Å². The van der Waals surface area contributed by atoms with Crippen LogP contribution in [0.3, 0.4) is 0 Å². The minimum absolute atomic E-state index is 0.0568. The highest BCUT2D eigenvalue weighted by Gasteiger charge is 2.19. The smallest absolute Gasteiger partial charge is 0.268 e. The monoisotopic (exact) mass is 448 g/mol. The van der Waals surface area contributed by atoms with Crippen molar-refractivity contribution in [2.24, 2.45) is 0 Å². The van der Waals surface area contributed by atoms with Crippen LogP contribution in [0.15, 0.2) is 64.9 Å². The first-order chi connectivity index (χ1) is 15.8. The molecule has 172 valence electrons. The highest BCUT2D eigenvalue weighted by molar-refractivity contribution is 6.05. The fourth-order valence-electron chi connectivity index (χ4n) is 3.51. The summed E-state index contributed by atoms with van der Waals surface area (Å²) in [7, 11) is 3.01. The van der Waals surface area contributed by atoms with Crippen molar-refractivity contribution in [3.63, 3.8) is 0 Å². The lowest BCUT2D eigenvalue weighted by atomic mass is 10.00. The van der Waals surface area contributed by atoms with Gasteiger partial charge in [0.2, 0.25) is 0 Å². The molecule has 2 aromatic carbocycles. The number of benzene rings is 2. The summed E-state index contributed by atoms with van der Waals surface area (Å²) in [5.41, 5.74) is 3.59. The molecule has 0 spiro atoms. The lowest BCUT2D eigenvalue weighted by Crippen LogP contribution is -2.36. The number of methoxy groups -OCH3 is 2. The molecule has 3 aromatic rings. The lowest BCUT2D eigenvalue weighted by Gasteiger charge is -2.19. The number of rotatable bonds is 8. The van der Waals surface area contributed by atoms with Crippen LogP contribution in [0.5, 0.6) is 11.5 Å². The third kappa shape index (κ3) is 5.83. The normalized spacial score (nSPS) is 12.1. The SMILES string of the molecule is COc1ccc(C(=O)N/C(=C\c2ccco2)C(=O)N[C@H](C)c2ccc(C)cc2C)cc1OC. The molecule has 0 saturated heterocycles. The van der Waals surface area contributed by atoms with E-state index in [0.717, 1.165) is 16.7 Å². The average molecular weight is 449 g/mol. The number of aryl methyl sites for hydroxylation is 2. The summed E-state index contributed by atoms with van der Waals surface area (Å²) < 4.78 is 15.8. The van der Waals surface area contributed by atoms with E-state index in [1.54, 1.807) is 30.3 Å². The van der Waals surface area contributed by atoms with Crippen LogP contribution in [0.4, 0.5) is 0 Å². The van der Waals surface area contributed by atoms with Crippen molar-refractivity contribution < 1.29 is 23.5 Å². The summed E-state index contributed by atoms with van der Waals surface area (Å²) in [6.45, 7) is 5.92. The Kier molecular flexibility index (Phi) is 7.56. The molecular formula is C26H28N2O5. The molecule has 0 aliphatic heterocycles. The van der Waals surface area contributed by atoms with Crippen LogP contribution in [0.2, 0.25) is 0 Å². The molecule has 1 heterocycles. The zero-order valence-corrected chi connectivity index (χ0v) is 19.4. The van der Waals surface area contributed by atoms with E-state index in [4.69, 9.17) is 13.9 Å². The number of ether oxygens (including phenoxy) is 2. The predicted octanol–water partition coefficient (Wildman–Crippen LogP) is 4.56. The van der Waals surface area contributed by atoms with Crippen molar-refractivity contribution >= 4 is 17.9 Å². The van der Waals surface area contributed by atoms with E-state index < -0.39 is 11.8 Å². The third-order valence-electron chi connectivity index (χ3n) is 5.21. The molecule has 0 aliphatic carbocycles. The maximum absolute atomic E-state index is 13.1. The molecule has 7 nitrogen and oxygen atoms in total. The highest BCUT2D eigenvalue weighted by atomic mass is 16.5. The van der Waals surface area contributed by atoms with Crippen molar-refractivity contribution in [2.45, 2.75) is 26.8 Å². The molecule has 0 unspecified atom stereocenters. The first kappa shape index (κ1) is 23.7. The molecule has 0 bridgehead atoms. The van der Waals surface area contributed by atoms with Crippen LogP contribution in [0.25, 0.3) is 6.08 Å². The lowest BCUT2D eigenvalue weighted by molar-refractivity contribution is -0.118. The van der Waals surface area contributed by atoms with Gasteiger partial charge in [-0.1, -0.05) is 23.8 Å². The fraction of sp³-hybridized carbons (Fsp3) is 0.231. The van der Waals surface area contributed by atoms with Crippen LogP contribution in [-0.2, 0) is 4.79 Å². The Morgan fingerprint density at radius 1 is 1.00 bits per heavy atom. The number of carbonyl (C=O) groups excluding carboxylic acids is 2. The molecule has 1 atom stereocenters. The summed E-state index contributed by atoms with van der Waals surface area (Å²) in [6.07, 6.45) is 2.98. The third-order valence-corrected chi connectivity index (χ3v) is 5.21. The Labute approximate surface area is 193 Å². The van der Waals surface area contributed by atoms with E-state index in [1.807, 2.05) is 32.9 Å². The van der Waals surface area contributed by atoms with Crippen molar-refractivity contribution in [3.05, 3.63) is 88.5 Å². The van der Waals surface area contributed by atoms with Gasteiger partial charge in [0, 0.05) is 11.6 Å². The van der Waals surface area contributed by atoms with Gasteiger partial charge in [-0.3, -0.25) is 9.59 Å². The molecular weight excluding hydrogens is 420 g/mol. The van der Waals surface area contributed by atoms with Crippen molar-refractivity contribution in [3.8, 4) is 11.5 Å². The zero-order valence-electron chi connectivity index (χ0n) is 19.4. The Morgan fingerprint density at radius 2 is 1.76 bits per heavy atom. The van der Waals surface area contributed by atoms with Crippen molar-refractivity contribution in [1.82, 2.24) is 10.6 Å². The van der Waals surface area contributed by atoms with E-state index in [2.05, 4.69) is 16.7 Å². The first-order valence-electron chi connectivity index (χ1n) is 10.5. The molecule has 0 radical (unpaired) electrons. The molecule has 2 amide bonds. The number of hydrogen-bond acceptors (Lipinski definition) is 5. The Bertz CT molecular complexity index is 1170. The maximum atomic E-state index is 13.1. The zero-order chi connectivity index (χ0) is 24.0. The average Bonchev–Trinajstić information content (AvgIpc) is 3.31. The van der Waals surface area contributed by atoms with Gasteiger partial charge >= 0.3 is 0 Å². The van der Waals surface area contributed by atoms with Gasteiger partial charge in [-0.2, -0.15) is 0 Å². The van der Waals surface area contributed by atoms with E-state index in [1.165, 1.54) is 26.6 Å². The quantitative estimate of drug-likeness (QED) is 0.493. The number of hydrogen-bond donors (Lipinski definition) is 2. The molecule has 1 aromatic heterocycles. The van der Waals surface area contributed by atoms with Crippen LogP contribution in [0.1, 0.15) is 45.8 Å². The van der Waals surface area contributed by atoms with Crippen molar-refractivity contribution in [1.29, 1.82) is 0 Å². The Balaban J connectivity index is 1.84. The summed E-state index contributed by atoms with van der Waals surface area (Å²) in [5, 5.41) is 5.65. The van der Waals surface area contributed by atoms with Crippen molar-refractivity contribution in [2.75, 3.05) is 14.2 Å². The standard InChI is InChI=1S/C26H28N2O5/c1-16-8-10-21(17(2)13-16)18(3)27-26(30)22(15-20-7-6-12-33-20)28-25(29)19-9-11-23(31-4)24(14-19)32-5/h6-15,18H,1-5H3,(H,27,30)(H,28,29)/b22-15-/t18-/m1/s1. The molecule has 0 aliphatic rings. The first-order valence-corrected chi connectivity index (χ1v) is 10.5. The summed E-state index contributed by atoms with van der Waals surface area (Å²) in [4.78, 5) is 26.1. The predicted molar refractivity (Wildman–Crippen MR) is 126 cm³/mol. The second-order valence-electron chi connectivity index (χ2n) is 7.65. The van der Waals surface area contributed by atoms with Gasteiger partial charge in [0.05, 0.1) is 26.5 Å². The minimum Gasteiger partial charge on any atom is -0.493 e. The fourth-order valence-corrected chi connectivity index (χ4v) is 3.51. The molecule has 7 heteroatoms. The van der Waals surface area contributed by atoms with Gasteiger partial charge in [0.15, 0.2) is 11.5 Å². The Hall–Kier alpha value is -4.00. The van der Waals surface area contributed by atoms with E-state index in [0.29, 0.717) is 22.8 Å². The highest BCUT2D eigenvalue weighted by Crippen LogP contribution is 2.27. The minimum atomic E-state index is -0.469. The van der Waals surface area contributed by atoms with Crippen LogP contribution < -0.4 is 20.1 Å². The number of carbonyl (C=O) groups is 2. The second kappa shape index (κ2) is 10.5. The number of amides is 2. The maximum Gasteiger partial charge on any atom is 0.268 e. The van der Waals surface area contributed by atoms with Gasteiger partial charge in [-0.15, -0.1) is 0 Å². The Morgan fingerprint density at radius 3 is 2.39 bits per heavy atom. The van der Waals surface area contributed by atoms with Gasteiger partial charge in [-0.05, 0) is 62.2 Å².